The van der Waals surface area contributed by atoms with E-state index in [1.807, 2.05) is 0 Å². The molecule has 43 heteroatoms. The Morgan fingerprint density at radius 1 is 0.309 bits per heavy atom. The van der Waals surface area contributed by atoms with Crippen LogP contribution in [0, 0.1) is 0 Å². The number of carbonyl (C=O) groups is 11. The highest BCUT2D eigenvalue weighted by Crippen LogP contribution is 2.27. The molecule has 123 heavy (non-hydrogen) atoms. The Hall–Kier alpha value is -6.67. The molecule has 710 valence electrons. The topological polar surface area (TPSA) is 635 Å². The van der Waals surface area contributed by atoms with Crippen molar-refractivity contribution < 1.29 is 156 Å². The Labute approximate surface area is 718 Å². The molecule has 4 rings (SSSR count). The van der Waals surface area contributed by atoms with E-state index in [9.17, 15) is 109 Å². The van der Waals surface area contributed by atoms with E-state index in [0.29, 0.717) is 96.4 Å². The van der Waals surface area contributed by atoms with Crippen molar-refractivity contribution in [2.45, 2.75) is 310 Å². The van der Waals surface area contributed by atoms with Crippen molar-refractivity contribution in [1.82, 2.24) is 58.5 Å². The number of hydrogen-bond acceptors (Lipinski definition) is 32. The molecule has 0 aromatic heterocycles. The van der Waals surface area contributed by atoms with Gasteiger partial charge in [0.2, 0.25) is 65.0 Å². The van der Waals surface area contributed by atoms with Crippen LogP contribution in [0.4, 0.5) is 0 Å². The van der Waals surface area contributed by atoms with Gasteiger partial charge in [0.1, 0.15) is 84.7 Å². The molecular weight excluding hydrogens is 1630 g/mol. The molecular formula is C80H143N11O32. The normalized spacial score (nSPS) is 25.6. The van der Waals surface area contributed by atoms with E-state index in [1.165, 1.54) is 20.8 Å². The lowest BCUT2D eigenvalue weighted by Crippen LogP contribution is -2.64. The van der Waals surface area contributed by atoms with Gasteiger partial charge in [0.05, 0.1) is 78.3 Å². The molecule has 22 N–H and O–H groups in total. The number of aliphatic hydroxyl groups excluding tert-OH is 11. The molecule has 4 aliphatic rings. The lowest BCUT2D eigenvalue weighted by molar-refractivity contribution is -0.270. The first kappa shape index (κ1) is 109. The van der Waals surface area contributed by atoms with E-state index in [1.54, 1.807) is 0 Å². The molecule has 0 bridgehead atoms. The number of amides is 11. The second-order valence-corrected chi connectivity index (χ2v) is 31.4. The number of rotatable bonds is 66. The predicted octanol–water partition coefficient (Wildman–Crippen LogP) is -5.76. The maximum Gasteiger partial charge on any atom is 0.222 e. The van der Waals surface area contributed by atoms with Crippen LogP contribution < -0.4 is 58.5 Å². The smallest absolute Gasteiger partial charge is 0.222 e. The van der Waals surface area contributed by atoms with Crippen LogP contribution in [0.1, 0.15) is 194 Å². The van der Waals surface area contributed by atoms with Gasteiger partial charge in [0.25, 0.3) is 0 Å². The number of unbranched alkanes of at least 4 members (excludes halogenated alkanes) is 10. The largest absolute Gasteiger partial charge is 0.394 e. The first-order valence-corrected chi connectivity index (χ1v) is 43.4. The van der Waals surface area contributed by atoms with Crippen LogP contribution in [0.2, 0.25) is 0 Å². The summed E-state index contributed by atoms with van der Waals surface area (Å²) in [6.45, 7) is 2.22. The second-order valence-electron chi connectivity index (χ2n) is 31.4. The standard InChI is InChI=1S/C80H143N11O32/c1-51(96)88-68-74(111)71(108)57(45-93)121-77(68)117-37-15-12-22-60(100)81-31-18-34-84-64(104)28-40-114-48-80(91-67(107)25-11-9-7-5-4-6-8-10-21-63(103)87-43-54-26-27-55(99)56(44-92)120-54,49-115-41-29-65(105)85-35-19-32-82-61(101)23-13-16-38-118-78-69(89-52(2)97)75(112)72(109)58(46-94)122-78)50-116-42-30-66(106)86-36-20-33-83-62(102)24-14-17-39-119-79-70(90-53(3)98)76(113)73(110)59(47-95)123-79/h54-59,68-79,92-95,99,108-113H,4-50H2,1-3H3,(H,81,100)(H,82,101)(H,83,102)(H,84,104)(H,85,105)(H,86,106)(H,87,103)(H,88,96)(H,89,97)(H,90,98)(H,91,107)/t54-,55+,56-,57-,58?,59?,68?,69?,70?,71?,72?,73?,74?,75?,76?,77?,78?,79?,80?/m1/s1. The molecule has 11 amide bonds. The summed E-state index contributed by atoms with van der Waals surface area (Å²) in [4.78, 5) is 139. The predicted molar refractivity (Wildman–Crippen MR) is 435 cm³/mol. The summed E-state index contributed by atoms with van der Waals surface area (Å²) >= 11 is 0. The van der Waals surface area contributed by atoms with Gasteiger partial charge < -0.3 is 162 Å². The van der Waals surface area contributed by atoms with Crippen molar-refractivity contribution in [1.29, 1.82) is 0 Å². The summed E-state index contributed by atoms with van der Waals surface area (Å²) in [6, 6.07) is -3.30. The van der Waals surface area contributed by atoms with Crippen LogP contribution in [0.25, 0.3) is 0 Å². The molecule has 4 aliphatic heterocycles. The molecule has 0 aromatic rings. The molecule has 4 heterocycles. The minimum atomic E-state index is -1.47. The molecule has 0 aliphatic carbocycles. The first-order chi connectivity index (χ1) is 59.0. The van der Waals surface area contributed by atoms with Gasteiger partial charge in [-0.15, -0.1) is 0 Å². The van der Waals surface area contributed by atoms with Gasteiger partial charge in [-0.05, 0) is 83.5 Å². The lowest BCUT2D eigenvalue weighted by atomic mass is 9.97. The van der Waals surface area contributed by atoms with Crippen molar-refractivity contribution in [3.05, 3.63) is 0 Å². The van der Waals surface area contributed by atoms with Crippen molar-refractivity contribution in [3.63, 3.8) is 0 Å². The van der Waals surface area contributed by atoms with E-state index in [4.69, 9.17) is 47.4 Å². The minimum absolute atomic E-state index is 0.0710. The fourth-order valence-corrected chi connectivity index (χ4v) is 13.9. The average molecular weight is 1770 g/mol. The Kier molecular flexibility index (Phi) is 55.9. The number of nitrogens with one attached hydrogen (secondary N) is 11. The van der Waals surface area contributed by atoms with Gasteiger partial charge in [-0.1, -0.05) is 38.5 Å². The summed E-state index contributed by atoms with van der Waals surface area (Å²) in [5, 5.41) is 141. The van der Waals surface area contributed by atoms with Crippen LogP contribution in [-0.2, 0) is 100 Å². The van der Waals surface area contributed by atoms with Crippen molar-refractivity contribution in [2.24, 2.45) is 0 Å². The zero-order valence-corrected chi connectivity index (χ0v) is 71.6. The third-order valence-corrected chi connectivity index (χ3v) is 20.8. The Balaban J connectivity index is 1.30. The van der Waals surface area contributed by atoms with E-state index in [0.717, 1.165) is 38.5 Å². The Morgan fingerprint density at radius 3 is 0.886 bits per heavy atom. The fraction of sp³-hybridized carbons (Fsp3) is 0.863. The molecule has 0 saturated carbocycles. The van der Waals surface area contributed by atoms with Crippen molar-refractivity contribution in [3.8, 4) is 0 Å². The second kappa shape index (κ2) is 63.3. The zero-order chi connectivity index (χ0) is 90.3. The van der Waals surface area contributed by atoms with E-state index >= 15 is 0 Å². The first-order valence-electron chi connectivity index (χ1n) is 43.4. The SMILES string of the molecule is CC(=O)NC1C(OCCCCC(=O)NCCCNC(=O)CCOCC(COCCC(=O)NCCCNC(=O)CCCCOC2OC(CO)C(O)C(O)C2NC(C)=O)(COCCC(=O)NCCCNC(=O)CCCCOC2O[C@H](CO)C(O)C(O)C2NC(C)=O)NC(=O)CCCCCCCCCCC(=O)NC[C@H]2CC[C@H](O)[C@@H](CO)O2)OC(CO)C(O)C1O. The molecule has 0 radical (unpaired) electrons. The highest BCUT2D eigenvalue weighted by Gasteiger charge is 2.48. The van der Waals surface area contributed by atoms with Crippen LogP contribution in [-0.4, -0.2) is 369 Å². The average Bonchev–Trinajstić information content (AvgIpc) is 0.816. The van der Waals surface area contributed by atoms with Crippen LogP contribution in [0.5, 0.6) is 0 Å². The molecule has 4 saturated heterocycles. The van der Waals surface area contributed by atoms with Gasteiger partial charge in [-0.2, -0.15) is 0 Å². The van der Waals surface area contributed by atoms with Crippen molar-refractivity contribution in [2.75, 3.05) is 132 Å². The fourth-order valence-electron chi connectivity index (χ4n) is 13.9. The quantitative estimate of drug-likeness (QED) is 0.0252. The molecule has 18 atom stereocenters. The van der Waals surface area contributed by atoms with Gasteiger partial charge >= 0.3 is 0 Å². The number of aliphatic hydroxyl groups is 11. The van der Waals surface area contributed by atoms with Gasteiger partial charge in [0.15, 0.2) is 18.9 Å². The highest BCUT2D eigenvalue weighted by atomic mass is 16.7. The maximum atomic E-state index is 14.0. The van der Waals surface area contributed by atoms with Gasteiger partial charge in [0, 0.05) is 138 Å². The number of hydrogen-bond donors (Lipinski definition) is 22. The lowest BCUT2D eigenvalue weighted by Gasteiger charge is -2.42. The van der Waals surface area contributed by atoms with Crippen LogP contribution in [0.3, 0.4) is 0 Å². The highest BCUT2D eigenvalue weighted by molar-refractivity contribution is 5.79. The van der Waals surface area contributed by atoms with Gasteiger partial charge in [-0.25, -0.2) is 0 Å². The Morgan fingerprint density at radius 2 is 0.585 bits per heavy atom. The monoisotopic (exact) mass is 1770 g/mol. The molecule has 43 nitrogen and oxygen atoms in total. The minimum Gasteiger partial charge on any atom is -0.394 e. The van der Waals surface area contributed by atoms with E-state index in [2.05, 4.69) is 58.5 Å². The van der Waals surface area contributed by atoms with Gasteiger partial charge in [-0.3, -0.25) is 52.7 Å². The summed E-state index contributed by atoms with van der Waals surface area (Å²) in [5.41, 5.74) is -1.44. The Bertz CT molecular complexity index is 2810. The van der Waals surface area contributed by atoms with Crippen LogP contribution >= 0.6 is 0 Å². The number of ether oxygens (including phenoxy) is 10. The molecule has 4 fully saturated rings. The third-order valence-electron chi connectivity index (χ3n) is 20.8. The maximum absolute atomic E-state index is 14.0. The van der Waals surface area contributed by atoms with E-state index in [-0.39, 0.29) is 204 Å². The number of carbonyl (C=O) groups excluding carboxylic acids is 11. The summed E-state index contributed by atoms with van der Waals surface area (Å²) in [5.74, 6) is -3.88. The van der Waals surface area contributed by atoms with Crippen molar-refractivity contribution >= 4 is 65.0 Å². The molecule has 0 aromatic carbocycles. The summed E-state index contributed by atoms with van der Waals surface area (Å²) < 4.78 is 57.9. The van der Waals surface area contributed by atoms with Crippen LogP contribution in [0.15, 0.2) is 0 Å². The molecule has 0 spiro atoms. The summed E-state index contributed by atoms with van der Waals surface area (Å²) in [7, 11) is 0. The molecule has 14 unspecified atom stereocenters. The third kappa shape index (κ3) is 45.0. The van der Waals surface area contributed by atoms with E-state index < -0.39 is 147 Å². The zero-order valence-electron chi connectivity index (χ0n) is 71.6. The summed E-state index contributed by atoms with van der Waals surface area (Å²) in [6.07, 6.45) is -6.00.